The van der Waals surface area contributed by atoms with Crippen LogP contribution in [0, 0.1) is 0 Å². The molecule has 1 aliphatic rings. The van der Waals surface area contributed by atoms with Gasteiger partial charge in [0, 0.05) is 5.41 Å². The van der Waals surface area contributed by atoms with Crippen LogP contribution in [0.5, 0.6) is 0 Å². The van der Waals surface area contributed by atoms with Crippen LogP contribution in [0.25, 0.3) is 0 Å². The van der Waals surface area contributed by atoms with Crippen molar-refractivity contribution in [2.45, 2.75) is 58.4 Å². The Hall–Kier alpha value is -0.900. The third-order valence-corrected chi connectivity index (χ3v) is 3.20. The monoisotopic (exact) mass is 237 g/mol. The first-order chi connectivity index (χ1) is 8.05. The maximum absolute atomic E-state index is 5.33. The minimum Gasteiger partial charge on any atom is -0.338 e. The molecule has 17 heavy (non-hydrogen) atoms. The van der Waals surface area contributed by atoms with Crippen molar-refractivity contribution in [3.8, 4) is 0 Å². The van der Waals surface area contributed by atoms with Gasteiger partial charge >= 0.3 is 0 Å². The Morgan fingerprint density at radius 1 is 1.12 bits per heavy atom. The summed E-state index contributed by atoms with van der Waals surface area (Å²) in [7, 11) is 0. The zero-order chi connectivity index (χ0) is 12.3. The molecule has 1 fully saturated rings. The van der Waals surface area contributed by atoms with Crippen molar-refractivity contribution in [3.05, 3.63) is 11.7 Å². The Labute approximate surface area is 103 Å². The lowest BCUT2D eigenvalue weighted by molar-refractivity contribution is 0.233. The van der Waals surface area contributed by atoms with Gasteiger partial charge in [0.25, 0.3) is 0 Å². The Bertz CT molecular complexity index is 346. The van der Waals surface area contributed by atoms with Crippen LogP contribution in [0.1, 0.15) is 58.2 Å². The van der Waals surface area contributed by atoms with Gasteiger partial charge in [-0.1, -0.05) is 38.8 Å². The average Bonchev–Trinajstić information content (AvgIpc) is 2.56. The van der Waals surface area contributed by atoms with E-state index in [4.69, 9.17) is 4.52 Å². The first-order valence-electron chi connectivity index (χ1n) is 6.61. The molecule has 0 atom stereocenters. The SMILES string of the molecule is CC(C)(C)c1noc(CN2CCCCCC2)n1. The van der Waals surface area contributed by atoms with Crippen molar-refractivity contribution < 1.29 is 4.52 Å². The molecule has 0 amide bonds. The summed E-state index contributed by atoms with van der Waals surface area (Å²) in [6.07, 6.45) is 5.29. The molecule has 0 unspecified atom stereocenters. The van der Waals surface area contributed by atoms with E-state index in [9.17, 15) is 0 Å². The summed E-state index contributed by atoms with van der Waals surface area (Å²) in [5, 5.41) is 4.06. The molecule has 96 valence electrons. The molecule has 1 aromatic rings. The third kappa shape index (κ3) is 3.53. The lowest BCUT2D eigenvalue weighted by atomic mass is 9.96. The Morgan fingerprint density at radius 2 is 1.76 bits per heavy atom. The summed E-state index contributed by atoms with van der Waals surface area (Å²) in [5.41, 5.74) is -0.0272. The van der Waals surface area contributed by atoms with Crippen LogP contribution in [0.15, 0.2) is 4.52 Å². The second kappa shape index (κ2) is 5.17. The Morgan fingerprint density at radius 3 is 2.29 bits per heavy atom. The number of rotatable bonds is 2. The normalized spacial score (nSPS) is 19.2. The van der Waals surface area contributed by atoms with E-state index in [0.717, 1.165) is 31.3 Å². The van der Waals surface area contributed by atoms with Gasteiger partial charge in [-0.25, -0.2) is 0 Å². The van der Waals surface area contributed by atoms with E-state index in [1.54, 1.807) is 0 Å². The molecule has 1 saturated heterocycles. The number of nitrogens with zero attached hydrogens (tertiary/aromatic N) is 3. The van der Waals surface area contributed by atoms with Gasteiger partial charge in [0.2, 0.25) is 5.89 Å². The smallest absolute Gasteiger partial charge is 0.240 e. The second-order valence-corrected chi connectivity index (χ2v) is 5.95. The molecule has 0 aromatic carbocycles. The predicted molar refractivity (Wildman–Crippen MR) is 66.7 cm³/mol. The highest BCUT2D eigenvalue weighted by atomic mass is 16.5. The predicted octanol–water partition coefficient (Wildman–Crippen LogP) is 2.74. The third-order valence-electron chi connectivity index (χ3n) is 3.20. The van der Waals surface area contributed by atoms with Crippen molar-refractivity contribution in [1.82, 2.24) is 15.0 Å². The van der Waals surface area contributed by atoms with Crippen LogP contribution in [-0.2, 0) is 12.0 Å². The topological polar surface area (TPSA) is 42.2 Å². The fourth-order valence-corrected chi connectivity index (χ4v) is 2.11. The fraction of sp³-hybridized carbons (Fsp3) is 0.846. The maximum Gasteiger partial charge on any atom is 0.240 e. The molecule has 0 spiro atoms. The summed E-state index contributed by atoms with van der Waals surface area (Å²) in [5.74, 6) is 1.57. The number of aromatic nitrogens is 2. The number of hydrogen-bond acceptors (Lipinski definition) is 4. The van der Waals surface area contributed by atoms with Crippen LogP contribution >= 0.6 is 0 Å². The van der Waals surface area contributed by atoms with E-state index in [1.165, 1.54) is 25.7 Å². The fourth-order valence-electron chi connectivity index (χ4n) is 2.11. The molecule has 4 heteroatoms. The summed E-state index contributed by atoms with van der Waals surface area (Å²) in [6.45, 7) is 9.44. The van der Waals surface area contributed by atoms with Crippen LogP contribution in [0.4, 0.5) is 0 Å². The Balaban J connectivity index is 1.96. The van der Waals surface area contributed by atoms with E-state index in [-0.39, 0.29) is 5.41 Å². The van der Waals surface area contributed by atoms with Gasteiger partial charge in [0.1, 0.15) is 0 Å². The molecular weight excluding hydrogens is 214 g/mol. The first kappa shape index (κ1) is 12.6. The number of hydrogen-bond donors (Lipinski definition) is 0. The zero-order valence-electron chi connectivity index (χ0n) is 11.2. The van der Waals surface area contributed by atoms with Gasteiger partial charge in [0.05, 0.1) is 6.54 Å². The molecular formula is C13H23N3O. The van der Waals surface area contributed by atoms with Gasteiger partial charge in [-0.2, -0.15) is 4.98 Å². The second-order valence-electron chi connectivity index (χ2n) is 5.95. The van der Waals surface area contributed by atoms with Crippen molar-refractivity contribution in [1.29, 1.82) is 0 Å². The van der Waals surface area contributed by atoms with Crippen LogP contribution in [-0.4, -0.2) is 28.1 Å². The van der Waals surface area contributed by atoms with E-state index < -0.39 is 0 Å². The molecule has 0 N–H and O–H groups in total. The van der Waals surface area contributed by atoms with Gasteiger partial charge in [-0.15, -0.1) is 0 Å². The quantitative estimate of drug-likeness (QED) is 0.793. The van der Waals surface area contributed by atoms with E-state index in [0.29, 0.717) is 0 Å². The molecule has 4 nitrogen and oxygen atoms in total. The van der Waals surface area contributed by atoms with Gasteiger partial charge < -0.3 is 4.52 Å². The lowest BCUT2D eigenvalue weighted by Crippen LogP contribution is -2.24. The molecule has 2 rings (SSSR count). The summed E-state index contributed by atoms with van der Waals surface area (Å²) in [4.78, 5) is 6.91. The Kier molecular flexibility index (Phi) is 3.82. The summed E-state index contributed by atoms with van der Waals surface area (Å²) < 4.78 is 5.33. The average molecular weight is 237 g/mol. The molecule has 0 bridgehead atoms. The lowest BCUT2D eigenvalue weighted by Gasteiger charge is -2.16. The highest BCUT2D eigenvalue weighted by molar-refractivity contribution is 4.99. The molecule has 0 radical (unpaired) electrons. The molecule has 0 saturated carbocycles. The minimum atomic E-state index is -0.0272. The van der Waals surface area contributed by atoms with E-state index in [2.05, 4.69) is 35.8 Å². The highest BCUT2D eigenvalue weighted by Crippen LogP contribution is 2.19. The van der Waals surface area contributed by atoms with Gasteiger partial charge in [0.15, 0.2) is 5.82 Å². The van der Waals surface area contributed by atoms with E-state index >= 15 is 0 Å². The molecule has 2 heterocycles. The summed E-state index contributed by atoms with van der Waals surface area (Å²) in [6, 6.07) is 0. The first-order valence-corrected chi connectivity index (χ1v) is 6.61. The maximum atomic E-state index is 5.33. The molecule has 1 aromatic heterocycles. The van der Waals surface area contributed by atoms with Crippen molar-refractivity contribution in [3.63, 3.8) is 0 Å². The minimum absolute atomic E-state index is 0.0272. The standard InChI is InChI=1S/C13H23N3O/c1-13(2,3)12-14-11(17-15-12)10-16-8-6-4-5-7-9-16/h4-10H2,1-3H3. The zero-order valence-corrected chi connectivity index (χ0v) is 11.2. The number of likely N-dealkylation sites (tertiary alicyclic amines) is 1. The van der Waals surface area contributed by atoms with Crippen LogP contribution < -0.4 is 0 Å². The van der Waals surface area contributed by atoms with Crippen LogP contribution in [0.2, 0.25) is 0 Å². The van der Waals surface area contributed by atoms with Crippen molar-refractivity contribution in [2.24, 2.45) is 0 Å². The van der Waals surface area contributed by atoms with Gasteiger partial charge in [-0.3, -0.25) is 4.90 Å². The highest BCUT2D eigenvalue weighted by Gasteiger charge is 2.21. The van der Waals surface area contributed by atoms with E-state index in [1.807, 2.05) is 0 Å². The van der Waals surface area contributed by atoms with Gasteiger partial charge in [-0.05, 0) is 25.9 Å². The molecule has 1 aliphatic heterocycles. The largest absolute Gasteiger partial charge is 0.338 e. The van der Waals surface area contributed by atoms with Crippen molar-refractivity contribution in [2.75, 3.05) is 13.1 Å². The molecule has 0 aliphatic carbocycles. The van der Waals surface area contributed by atoms with Crippen LogP contribution in [0.3, 0.4) is 0 Å². The van der Waals surface area contributed by atoms with Crippen molar-refractivity contribution >= 4 is 0 Å². The summed E-state index contributed by atoms with van der Waals surface area (Å²) >= 11 is 0.